The SMILES string of the molecule is CC(C)(C)C1CCCN(c2ncnc3c2CNCC3)CC1. The van der Waals surface area contributed by atoms with E-state index >= 15 is 0 Å². The number of anilines is 1. The molecule has 4 heteroatoms. The second kappa shape index (κ2) is 5.91. The van der Waals surface area contributed by atoms with E-state index in [0.717, 1.165) is 38.5 Å². The molecule has 1 aromatic heterocycles. The van der Waals surface area contributed by atoms with Crippen LogP contribution in [0.5, 0.6) is 0 Å². The average molecular weight is 288 g/mol. The van der Waals surface area contributed by atoms with E-state index in [-0.39, 0.29) is 0 Å². The molecule has 3 rings (SSSR count). The van der Waals surface area contributed by atoms with Crippen LogP contribution in [-0.4, -0.2) is 29.6 Å². The molecular weight excluding hydrogens is 260 g/mol. The molecule has 1 unspecified atom stereocenters. The lowest BCUT2D eigenvalue weighted by molar-refractivity contribution is 0.220. The standard InChI is InChI=1S/C17H28N4/c1-17(2,3)13-5-4-9-21(10-7-13)16-14-11-18-8-6-15(14)19-12-20-16/h12-13,18H,4-11H2,1-3H3. The monoisotopic (exact) mass is 288 g/mol. The van der Waals surface area contributed by atoms with Crippen molar-refractivity contribution in [3.63, 3.8) is 0 Å². The van der Waals surface area contributed by atoms with Crippen molar-refractivity contribution in [2.45, 2.75) is 53.0 Å². The first-order valence-electron chi connectivity index (χ1n) is 8.34. The van der Waals surface area contributed by atoms with Crippen molar-refractivity contribution in [1.82, 2.24) is 15.3 Å². The molecular formula is C17H28N4. The predicted octanol–water partition coefficient (Wildman–Crippen LogP) is 2.77. The average Bonchev–Trinajstić information content (AvgIpc) is 2.72. The molecule has 0 aliphatic carbocycles. The van der Waals surface area contributed by atoms with Gasteiger partial charge in [-0.1, -0.05) is 20.8 Å². The van der Waals surface area contributed by atoms with Crippen LogP contribution in [0.2, 0.25) is 0 Å². The Labute approximate surface area is 128 Å². The van der Waals surface area contributed by atoms with E-state index in [0.29, 0.717) is 5.41 Å². The molecule has 0 bridgehead atoms. The number of rotatable bonds is 1. The number of nitrogens with zero attached hydrogens (tertiary/aromatic N) is 3. The van der Waals surface area contributed by atoms with Crippen LogP contribution >= 0.6 is 0 Å². The van der Waals surface area contributed by atoms with Crippen molar-refractivity contribution in [2.24, 2.45) is 11.3 Å². The molecule has 3 heterocycles. The Hall–Kier alpha value is -1.16. The zero-order valence-corrected chi connectivity index (χ0v) is 13.7. The molecule has 4 nitrogen and oxygen atoms in total. The smallest absolute Gasteiger partial charge is 0.136 e. The molecule has 2 aliphatic rings. The van der Waals surface area contributed by atoms with Crippen molar-refractivity contribution >= 4 is 5.82 Å². The van der Waals surface area contributed by atoms with E-state index in [9.17, 15) is 0 Å². The van der Waals surface area contributed by atoms with Gasteiger partial charge in [-0.15, -0.1) is 0 Å². The first kappa shape index (κ1) is 14.8. The maximum absolute atomic E-state index is 4.62. The molecule has 1 aromatic rings. The van der Waals surface area contributed by atoms with Gasteiger partial charge in [0.05, 0.1) is 5.69 Å². The van der Waals surface area contributed by atoms with Crippen molar-refractivity contribution in [2.75, 3.05) is 24.5 Å². The van der Waals surface area contributed by atoms with Gasteiger partial charge in [0.25, 0.3) is 0 Å². The van der Waals surface area contributed by atoms with Crippen LogP contribution in [0.15, 0.2) is 6.33 Å². The largest absolute Gasteiger partial charge is 0.356 e. The maximum Gasteiger partial charge on any atom is 0.136 e. The van der Waals surface area contributed by atoms with Gasteiger partial charge in [0, 0.05) is 38.2 Å². The molecule has 1 N–H and O–H groups in total. The Morgan fingerprint density at radius 3 is 2.86 bits per heavy atom. The van der Waals surface area contributed by atoms with Crippen molar-refractivity contribution < 1.29 is 0 Å². The third-order valence-corrected chi connectivity index (χ3v) is 5.10. The van der Waals surface area contributed by atoms with Crippen LogP contribution < -0.4 is 10.2 Å². The molecule has 1 fully saturated rings. The van der Waals surface area contributed by atoms with Crippen LogP contribution in [-0.2, 0) is 13.0 Å². The molecule has 116 valence electrons. The fourth-order valence-corrected chi connectivity index (χ4v) is 3.70. The Morgan fingerprint density at radius 1 is 1.19 bits per heavy atom. The lowest BCUT2D eigenvalue weighted by atomic mass is 9.77. The molecule has 0 aromatic carbocycles. The van der Waals surface area contributed by atoms with Gasteiger partial charge in [-0.2, -0.15) is 0 Å². The molecule has 0 radical (unpaired) electrons. The molecule has 0 spiro atoms. The minimum Gasteiger partial charge on any atom is -0.356 e. The minimum atomic E-state index is 0.419. The summed E-state index contributed by atoms with van der Waals surface area (Å²) in [6.07, 6.45) is 6.67. The summed E-state index contributed by atoms with van der Waals surface area (Å²) in [5.74, 6) is 2.00. The summed E-state index contributed by atoms with van der Waals surface area (Å²) < 4.78 is 0. The molecule has 0 saturated carbocycles. The highest BCUT2D eigenvalue weighted by Crippen LogP contribution is 2.35. The van der Waals surface area contributed by atoms with Crippen LogP contribution in [0, 0.1) is 11.3 Å². The number of fused-ring (bicyclic) bond motifs is 1. The summed E-state index contributed by atoms with van der Waals surface area (Å²) in [7, 11) is 0. The van der Waals surface area contributed by atoms with E-state index < -0.39 is 0 Å². The number of nitrogens with one attached hydrogen (secondary N) is 1. The summed E-state index contributed by atoms with van der Waals surface area (Å²) >= 11 is 0. The third-order valence-electron chi connectivity index (χ3n) is 5.10. The second-order valence-electron chi connectivity index (χ2n) is 7.53. The van der Waals surface area contributed by atoms with E-state index in [1.54, 1.807) is 6.33 Å². The lowest BCUT2D eigenvalue weighted by Crippen LogP contribution is -2.32. The summed E-state index contributed by atoms with van der Waals surface area (Å²) in [5.41, 5.74) is 3.00. The van der Waals surface area contributed by atoms with E-state index in [4.69, 9.17) is 0 Å². The highest BCUT2D eigenvalue weighted by atomic mass is 15.2. The zero-order chi connectivity index (χ0) is 14.9. The molecule has 2 aliphatic heterocycles. The Morgan fingerprint density at radius 2 is 2.05 bits per heavy atom. The Balaban J connectivity index is 1.79. The predicted molar refractivity (Wildman–Crippen MR) is 86.5 cm³/mol. The summed E-state index contributed by atoms with van der Waals surface area (Å²) in [6, 6.07) is 0. The summed E-state index contributed by atoms with van der Waals surface area (Å²) in [5, 5.41) is 3.46. The van der Waals surface area contributed by atoms with Crippen LogP contribution in [0.25, 0.3) is 0 Å². The summed E-state index contributed by atoms with van der Waals surface area (Å²) in [4.78, 5) is 11.6. The van der Waals surface area contributed by atoms with Gasteiger partial charge in [0.1, 0.15) is 12.1 Å². The fourth-order valence-electron chi connectivity index (χ4n) is 3.70. The van der Waals surface area contributed by atoms with Crippen LogP contribution in [0.4, 0.5) is 5.82 Å². The number of hydrogen-bond donors (Lipinski definition) is 1. The van der Waals surface area contributed by atoms with Gasteiger partial charge < -0.3 is 10.2 Å². The van der Waals surface area contributed by atoms with Gasteiger partial charge in [-0.3, -0.25) is 0 Å². The lowest BCUT2D eigenvalue weighted by Gasteiger charge is -2.30. The maximum atomic E-state index is 4.62. The van der Waals surface area contributed by atoms with E-state index in [1.807, 2.05) is 0 Å². The normalized spacial score (nSPS) is 23.6. The Kier molecular flexibility index (Phi) is 4.16. The van der Waals surface area contributed by atoms with Crippen LogP contribution in [0.3, 0.4) is 0 Å². The molecule has 21 heavy (non-hydrogen) atoms. The second-order valence-corrected chi connectivity index (χ2v) is 7.53. The van der Waals surface area contributed by atoms with Gasteiger partial charge >= 0.3 is 0 Å². The zero-order valence-electron chi connectivity index (χ0n) is 13.7. The first-order valence-corrected chi connectivity index (χ1v) is 8.34. The van der Waals surface area contributed by atoms with Crippen molar-refractivity contribution in [1.29, 1.82) is 0 Å². The summed E-state index contributed by atoms with van der Waals surface area (Å²) in [6.45, 7) is 11.4. The fraction of sp³-hybridized carbons (Fsp3) is 0.765. The Bertz CT molecular complexity index is 492. The third kappa shape index (κ3) is 3.20. The minimum absolute atomic E-state index is 0.419. The van der Waals surface area contributed by atoms with Crippen molar-refractivity contribution in [3.05, 3.63) is 17.6 Å². The molecule has 1 atom stereocenters. The van der Waals surface area contributed by atoms with Crippen LogP contribution in [0.1, 0.15) is 51.3 Å². The number of hydrogen-bond acceptors (Lipinski definition) is 4. The molecule has 1 saturated heterocycles. The van der Waals surface area contributed by atoms with Gasteiger partial charge in [0.2, 0.25) is 0 Å². The highest BCUT2D eigenvalue weighted by Gasteiger charge is 2.28. The topological polar surface area (TPSA) is 41.1 Å². The van der Waals surface area contributed by atoms with Gasteiger partial charge in [0.15, 0.2) is 0 Å². The highest BCUT2D eigenvalue weighted by molar-refractivity contribution is 5.49. The number of aromatic nitrogens is 2. The van der Waals surface area contributed by atoms with Gasteiger partial charge in [-0.05, 0) is 30.6 Å². The van der Waals surface area contributed by atoms with E-state index in [2.05, 4.69) is 41.0 Å². The molecule has 0 amide bonds. The van der Waals surface area contributed by atoms with E-state index in [1.165, 1.54) is 36.3 Å². The first-order chi connectivity index (χ1) is 10.1. The quantitative estimate of drug-likeness (QED) is 0.863. The van der Waals surface area contributed by atoms with Crippen molar-refractivity contribution in [3.8, 4) is 0 Å². The van der Waals surface area contributed by atoms with Gasteiger partial charge in [-0.25, -0.2) is 9.97 Å².